The SMILES string of the molecule is CC1CC(C)N=N1. The Balaban J connectivity index is 2.42. The van der Waals surface area contributed by atoms with Crippen molar-refractivity contribution in [3.05, 3.63) is 0 Å². The fourth-order valence-electron chi connectivity index (χ4n) is 0.816. The Morgan fingerprint density at radius 2 is 1.57 bits per heavy atom. The molecule has 0 bridgehead atoms. The Morgan fingerprint density at radius 1 is 1.14 bits per heavy atom. The minimum atomic E-state index is 0.481. The lowest BCUT2D eigenvalue weighted by Gasteiger charge is -1.92. The van der Waals surface area contributed by atoms with Crippen LogP contribution in [0.1, 0.15) is 20.3 Å². The lowest BCUT2D eigenvalue weighted by molar-refractivity contribution is 0.680. The van der Waals surface area contributed by atoms with E-state index in [1.807, 2.05) is 0 Å². The van der Waals surface area contributed by atoms with Crippen LogP contribution in [0.15, 0.2) is 10.2 Å². The molecule has 0 fully saturated rings. The second kappa shape index (κ2) is 1.60. The fourth-order valence-corrected chi connectivity index (χ4v) is 0.816. The van der Waals surface area contributed by atoms with Crippen LogP contribution in [0.5, 0.6) is 0 Å². The van der Waals surface area contributed by atoms with Crippen LogP contribution in [0, 0.1) is 0 Å². The zero-order valence-electron chi connectivity index (χ0n) is 4.76. The first-order valence-electron chi connectivity index (χ1n) is 2.69. The monoisotopic (exact) mass is 98.1 g/mol. The highest BCUT2D eigenvalue weighted by molar-refractivity contribution is 4.72. The predicted molar refractivity (Wildman–Crippen MR) is 28.4 cm³/mol. The van der Waals surface area contributed by atoms with Crippen LogP contribution in [-0.4, -0.2) is 12.1 Å². The lowest BCUT2D eigenvalue weighted by atomic mass is 10.2. The third kappa shape index (κ3) is 0.981. The van der Waals surface area contributed by atoms with Gasteiger partial charge in [0, 0.05) is 0 Å². The molecule has 0 aromatic carbocycles. The molecule has 0 aromatic heterocycles. The molecule has 1 heterocycles. The molecule has 7 heavy (non-hydrogen) atoms. The van der Waals surface area contributed by atoms with E-state index >= 15 is 0 Å². The van der Waals surface area contributed by atoms with Gasteiger partial charge in [0.15, 0.2) is 0 Å². The Kier molecular flexibility index (Phi) is 1.09. The maximum Gasteiger partial charge on any atom is 0.0701 e. The van der Waals surface area contributed by atoms with Crippen LogP contribution in [0.3, 0.4) is 0 Å². The van der Waals surface area contributed by atoms with Gasteiger partial charge in [0.1, 0.15) is 0 Å². The van der Waals surface area contributed by atoms with E-state index in [1.165, 1.54) is 0 Å². The molecular weight excluding hydrogens is 88.1 g/mol. The van der Waals surface area contributed by atoms with Crippen LogP contribution >= 0.6 is 0 Å². The van der Waals surface area contributed by atoms with E-state index in [0.717, 1.165) is 6.42 Å². The van der Waals surface area contributed by atoms with E-state index in [4.69, 9.17) is 0 Å². The van der Waals surface area contributed by atoms with Crippen molar-refractivity contribution in [2.24, 2.45) is 10.2 Å². The van der Waals surface area contributed by atoms with Crippen LogP contribution in [0.25, 0.3) is 0 Å². The van der Waals surface area contributed by atoms with E-state index in [-0.39, 0.29) is 0 Å². The van der Waals surface area contributed by atoms with Crippen LogP contribution in [-0.2, 0) is 0 Å². The van der Waals surface area contributed by atoms with E-state index in [0.29, 0.717) is 12.1 Å². The zero-order chi connectivity index (χ0) is 5.28. The molecule has 2 nitrogen and oxygen atoms in total. The van der Waals surface area contributed by atoms with Gasteiger partial charge in [-0.2, -0.15) is 10.2 Å². The highest BCUT2D eigenvalue weighted by atomic mass is 15.2. The van der Waals surface area contributed by atoms with Crippen molar-refractivity contribution in [2.75, 3.05) is 0 Å². The van der Waals surface area contributed by atoms with Gasteiger partial charge in [-0.15, -0.1) is 0 Å². The van der Waals surface area contributed by atoms with Gasteiger partial charge in [0.2, 0.25) is 0 Å². The Morgan fingerprint density at radius 3 is 1.71 bits per heavy atom. The van der Waals surface area contributed by atoms with Gasteiger partial charge in [-0.3, -0.25) is 0 Å². The van der Waals surface area contributed by atoms with Crippen molar-refractivity contribution in [3.63, 3.8) is 0 Å². The summed E-state index contributed by atoms with van der Waals surface area (Å²) in [5, 5.41) is 7.88. The maximum absolute atomic E-state index is 3.94. The van der Waals surface area contributed by atoms with Gasteiger partial charge >= 0.3 is 0 Å². The summed E-state index contributed by atoms with van der Waals surface area (Å²) in [5.74, 6) is 0. The summed E-state index contributed by atoms with van der Waals surface area (Å²) in [4.78, 5) is 0. The van der Waals surface area contributed by atoms with Crippen LogP contribution in [0.4, 0.5) is 0 Å². The number of nitrogens with zero attached hydrogens (tertiary/aromatic N) is 2. The second-order valence-corrected chi connectivity index (χ2v) is 2.16. The zero-order valence-corrected chi connectivity index (χ0v) is 4.76. The highest BCUT2D eigenvalue weighted by Gasteiger charge is 2.11. The van der Waals surface area contributed by atoms with Crippen molar-refractivity contribution >= 4 is 0 Å². The molecule has 0 saturated carbocycles. The molecule has 0 amide bonds. The standard InChI is InChI=1S/C5H10N2/c1-4-3-5(2)7-6-4/h4-5H,3H2,1-2H3. The molecule has 1 aliphatic rings. The number of hydrogen-bond acceptors (Lipinski definition) is 2. The summed E-state index contributed by atoms with van der Waals surface area (Å²) < 4.78 is 0. The number of hydrogen-bond donors (Lipinski definition) is 0. The summed E-state index contributed by atoms with van der Waals surface area (Å²) in [5.41, 5.74) is 0. The quantitative estimate of drug-likeness (QED) is 0.440. The molecule has 2 heteroatoms. The van der Waals surface area contributed by atoms with Crippen LogP contribution < -0.4 is 0 Å². The first kappa shape index (κ1) is 4.75. The predicted octanol–water partition coefficient (Wildman–Crippen LogP) is 1.62. The first-order valence-corrected chi connectivity index (χ1v) is 2.69. The lowest BCUT2D eigenvalue weighted by Crippen LogP contribution is -1.97. The van der Waals surface area contributed by atoms with Gasteiger partial charge in [0.25, 0.3) is 0 Å². The molecular formula is C5H10N2. The summed E-state index contributed by atoms with van der Waals surface area (Å²) in [6.45, 7) is 4.18. The van der Waals surface area contributed by atoms with Crippen molar-refractivity contribution in [1.82, 2.24) is 0 Å². The number of azo groups is 1. The van der Waals surface area contributed by atoms with Gasteiger partial charge in [-0.1, -0.05) is 0 Å². The van der Waals surface area contributed by atoms with Gasteiger partial charge in [0.05, 0.1) is 12.1 Å². The minimum absolute atomic E-state index is 0.481. The molecule has 0 radical (unpaired) electrons. The van der Waals surface area contributed by atoms with E-state index in [9.17, 15) is 0 Å². The summed E-state index contributed by atoms with van der Waals surface area (Å²) >= 11 is 0. The van der Waals surface area contributed by atoms with E-state index in [2.05, 4.69) is 24.1 Å². The summed E-state index contributed by atoms with van der Waals surface area (Å²) in [6, 6.07) is 0.963. The van der Waals surface area contributed by atoms with Gasteiger partial charge in [-0.05, 0) is 20.3 Å². The molecule has 1 rings (SSSR count). The molecule has 2 atom stereocenters. The number of rotatable bonds is 0. The Hall–Kier alpha value is -0.400. The maximum atomic E-state index is 3.94. The van der Waals surface area contributed by atoms with Crippen molar-refractivity contribution in [3.8, 4) is 0 Å². The smallest absolute Gasteiger partial charge is 0.0701 e. The minimum Gasteiger partial charge on any atom is -0.191 e. The highest BCUT2D eigenvalue weighted by Crippen LogP contribution is 2.13. The van der Waals surface area contributed by atoms with Crippen molar-refractivity contribution in [2.45, 2.75) is 32.4 Å². The molecule has 0 spiro atoms. The average Bonchev–Trinajstić information content (AvgIpc) is 1.87. The molecule has 1 aliphatic heterocycles. The molecule has 0 N–H and O–H groups in total. The molecule has 0 aromatic rings. The normalized spacial score (nSPS) is 39.7. The molecule has 0 aliphatic carbocycles. The third-order valence-corrected chi connectivity index (χ3v) is 1.14. The molecule has 0 saturated heterocycles. The largest absolute Gasteiger partial charge is 0.191 e. The first-order chi connectivity index (χ1) is 3.29. The Labute approximate surface area is 43.6 Å². The average molecular weight is 98.1 g/mol. The van der Waals surface area contributed by atoms with E-state index in [1.54, 1.807) is 0 Å². The summed E-state index contributed by atoms with van der Waals surface area (Å²) in [6.07, 6.45) is 1.14. The molecule has 40 valence electrons. The third-order valence-electron chi connectivity index (χ3n) is 1.14. The van der Waals surface area contributed by atoms with Gasteiger partial charge < -0.3 is 0 Å². The molecule has 2 unspecified atom stereocenters. The van der Waals surface area contributed by atoms with Gasteiger partial charge in [-0.25, -0.2) is 0 Å². The summed E-state index contributed by atoms with van der Waals surface area (Å²) in [7, 11) is 0. The Bertz CT molecular complexity index is 78.1. The van der Waals surface area contributed by atoms with Crippen molar-refractivity contribution in [1.29, 1.82) is 0 Å². The second-order valence-electron chi connectivity index (χ2n) is 2.16. The van der Waals surface area contributed by atoms with Crippen LogP contribution in [0.2, 0.25) is 0 Å². The fraction of sp³-hybridized carbons (Fsp3) is 1.00. The van der Waals surface area contributed by atoms with Crippen molar-refractivity contribution < 1.29 is 0 Å². The topological polar surface area (TPSA) is 24.7 Å². The van der Waals surface area contributed by atoms with E-state index < -0.39 is 0 Å².